The quantitative estimate of drug-likeness (QED) is 0.182. The topological polar surface area (TPSA) is 73.9 Å². The summed E-state index contributed by atoms with van der Waals surface area (Å²) in [6.45, 7) is 5.66. The molecule has 0 spiro atoms. The van der Waals surface area contributed by atoms with Crippen LogP contribution < -0.4 is 5.32 Å². The standard InChI is InChI=1S/C32H37NO5/c1-31(2,3)38-30(35)33-28(22-14-15-23-29(34)36-4)24-37-32(25-16-8-5-9-17-25,26-18-10-6-11-19-26)27-20-12-7-13-21-27/h5-13,15-21,23,28H,14,22,24H2,1-4H3,(H,33,35)/b23-15+/t28-/m1/s1. The third-order valence-electron chi connectivity index (χ3n) is 5.90. The van der Waals surface area contributed by atoms with E-state index in [0.29, 0.717) is 12.8 Å². The molecular weight excluding hydrogens is 478 g/mol. The Bertz CT molecular complexity index is 1070. The lowest BCUT2D eigenvalue weighted by molar-refractivity contribution is -0.134. The van der Waals surface area contributed by atoms with Gasteiger partial charge in [0, 0.05) is 6.08 Å². The minimum absolute atomic E-state index is 0.198. The predicted molar refractivity (Wildman–Crippen MR) is 149 cm³/mol. The SMILES string of the molecule is COC(=O)/C=C/CC[C@H](COC(c1ccccc1)(c1ccccc1)c1ccccc1)NC(=O)OC(C)(C)C. The summed E-state index contributed by atoms with van der Waals surface area (Å²) in [6, 6.07) is 29.8. The van der Waals surface area contributed by atoms with Gasteiger partial charge in [-0.1, -0.05) is 97.1 Å². The van der Waals surface area contributed by atoms with Gasteiger partial charge in [-0.05, 0) is 50.3 Å². The van der Waals surface area contributed by atoms with Crippen LogP contribution in [0.4, 0.5) is 4.79 Å². The summed E-state index contributed by atoms with van der Waals surface area (Å²) < 4.78 is 17.1. The molecule has 1 atom stereocenters. The fourth-order valence-corrected chi connectivity index (χ4v) is 4.21. The Morgan fingerprint density at radius 2 is 1.29 bits per heavy atom. The zero-order valence-electron chi connectivity index (χ0n) is 22.6. The highest BCUT2D eigenvalue weighted by Gasteiger charge is 2.38. The third kappa shape index (κ3) is 8.05. The Kier molecular flexibility index (Phi) is 10.3. The van der Waals surface area contributed by atoms with Crippen molar-refractivity contribution in [3.63, 3.8) is 0 Å². The summed E-state index contributed by atoms with van der Waals surface area (Å²) in [5.41, 5.74) is 1.36. The molecular formula is C32H37NO5. The molecule has 0 aromatic heterocycles. The van der Waals surface area contributed by atoms with Crippen molar-refractivity contribution in [3.8, 4) is 0 Å². The molecule has 1 N–H and O–H groups in total. The van der Waals surface area contributed by atoms with E-state index in [1.165, 1.54) is 13.2 Å². The number of hydrogen-bond acceptors (Lipinski definition) is 5. The second kappa shape index (κ2) is 13.6. The van der Waals surface area contributed by atoms with Crippen LogP contribution in [0.5, 0.6) is 0 Å². The van der Waals surface area contributed by atoms with Gasteiger partial charge >= 0.3 is 12.1 Å². The van der Waals surface area contributed by atoms with Crippen LogP contribution in [0.15, 0.2) is 103 Å². The Morgan fingerprint density at radius 1 is 0.816 bits per heavy atom. The first kappa shape index (κ1) is 28.7. The van der Waals surface area contributed by atoms with Gasteiger partial charge in [-0.3, -0.25) is 0 Å². The molecule has 3 rings (SSSR count). The Balaban J connectivity index is 1.97. The lowest BCUT2D eigenvalue weighted by atomic mass is 9.80. The van der Waals surface area contributed by atoms with Crippen LogP contribution in [0, 0.1) is 0 Å². The number of carbonyl (C=O) groups excluding carboxylic acids is 2. The van der Waals surface area contributed by atoms with Gasteiger partial charge in [0.15, 0.2) is 0 Å². The maximum absolute atomic E-state index is 12.7. The molecule has 38 heavy (non-hydrogen) atoms. The van der Waals surface area contributed by atoms with E-state index in [0.717, 1.165) is 16.7 Å². The van der Waals surface area contributed by atoms with Crippen LogP contribution in [-0.4, -0.2) is 37.4 Å². The fraction of sp³-hybridized carbons (Fsp3) is 0.312. The minimum atomic E-state index is -0.917. The second-order valence-electron chi connectivity index (χ2n) is 9.94. The first-order valence-corrected chi connectivity index (χ1v) is 12.8. The lowest BCUT2D eigenvalue weighted by Gasteiger charge is -2.37. The normalized spacial score (nSPS) is 12.6. The predicted octanol–water partition coefficient (Wildman–Crippen LogP) is 6.40. The van der Waals surface area contributed by atoms with Crippen molar-refractivity contribution in [2.24, 2.45) is 0 Å². The van der Waals surface area contributed by atoms with E-state index in [1.54, 1.807) is 6.08 Å². The molecule has 0 radical (unpaired) electrons. The number of ether oxygens (including phenoxy) is 3. The Hall–Kier alpha value is -3.90. The summed E-state index contributed by atoms with van der Waals surface area (Å²) in [7, 11) is 1.34. The number of rotatable bonds is 11. The molecule has 0 aliphatic rings. The molecule has 6 heteroatoms. The average molecular weight is 516 g/mol. The van der Waals surface area contributed by atoms with Gasteiger partial charge in [-0.2, -0.15) is 0 Å². The average Bonchev–Trinajstić information content (AvgIpc) is 2.91. The molecule has 0 saturated carbocycles. The number of carbonyl (C=O) groups is 2. The van der Waals surface area contributed by atoms with Crippen LogP contribution in [0.3, 0.4) is 0 Å². The molecule has 6 nitrogen and oxygen atoms in total. The minimum Gasteiger partial charge on any atom is -0.466 e. The Morgan fingerprint density at radius 3 is 1.71 bits per heavy atom. The van der Waals surface area contributed by atoms with Gasteiger partial charge in [0.25, 0.3) is 0 Å². The smallest absolute Gasteiger partial charge is 0.407 e. The van der Waals surface area contributed by atoms with E-state index >= 15 is 0 Å². The van der Waals surface area contributed by atoms with Crippen LogP contribution in [0.2, 0.25) is 0 Å². The molecule has 0 heterocycles. The number of alkyl carbamates (subject to hydrolysis) is 1. The van der Waals surface area contributed by atoms with Gasteiger partial charge in [-0.25, -0.2) is 9.59 Å². The van der Waals surface area contributed by atoms with Gasteiger partial charge in [0.1, 0.15) is 11.2 Å². The van der Waals surface area contributed by atoms with Gasteiger partial charge < -0.3 is 19.5 Å². The van der Waals surface area contributed by atoms with Crippen molar-refractivity contribution in [3.05, 3.63) is 120 Å². The molecule has 0 aliphatic carbocycles. The molecule has 0 fully saturated rings. The van der Waals surface area contributed by atoms with Crippen LogP contribution in [0.1, 0.15) is 50.3 Å². The second-order valence-corrected chi connectivity index (χ2v) is 9.94. The van der Waals surface area contributed by atoms with Gasteiger partial charge in [0.05, 0.1) is 19.8 Å². The maximum atomic E-state index is 12.7. The molecule has 200 valence electrons. The molecule has 0 bridgehead atoms. The number of benzene rings is 3. The molecule has 0 aliphatic heterocycles. The van der Waals surface area contributed by atoms with Crippen LogP contribution in [0.25, 0.3) is 0 Å². The zero-order chi connectivity index (χ0) is 27.4. The summed E-state index contributed by atoms with van der Waals surface area (Å²) in [4.78, 5) is 24.2. The maximum Gasteiger partial charge on any atom is 0.407 e. The summed E-state index contributed by atoms with van der Waals surface area (Å²) >= 11 is 0. The summed E-state index contributed by atoms with van der Waals surface area (Å²) in [5.74, 6) is -0.422. The van der Waals surface area contributed by atoms with Crippen molar-refractivity contribution in [1.29, 1.82) is 0 Å². The number of methoxy groups -OCH3 is 1. The lowest BCUT2D eigenvalue weighted by Crippen LogP contribution is -2.44. The number of hydrogen-bond donors (Lipinski definition) is 1. The fourth-order valence-electron chi connectivity index (χ4n) is 4.21. The van der Waals surface area contributed by atoms with E-state index in [-0.39, 0.29) is 12.6 Å². The van der Waals surface area contributed by atoms with Gasteiger partial charge in [-0.15, -0.1) is 0 Å². The summed E-state index contributed by atoms with van der Waals surface area (Å²) in [5, 5.41) is 2.97. The summed E-state index contributed by atoms with van der Waals surface area (Å²) in [6.07, 6.45) is 3.66. The van der Waals surface area contributed by atoms with Crippen molar-refractivity contribution in [2.75, 3.05) is 13.7 Å². The largest absolute Gasteiger partial charge is 0.466 e. The van der Waals surface area contributed by atoms with E-state index in [4.69, 9.17) is 9.47 Å². The monoisotopic (exact) mass is 515 g/mol. The highest BCUT2D eigenvalue weighted by molar-refractivity contribution is 5.81. The van der Waals surface area contributed by atoms with Crippen molar-refractivity contribution < 1.29 is 23.8 Å². The van der Waals surface area contributed by atoms with Crippen molar-refractivity contribution in [2.45, 2.75) is 50.9 Å². The van der Waals surface area contributed by atoms with E-state index in [1.807, 2.05) is 75.4 Å². The molecule has 1 amide bonds. The first-order chi connectivity index (χ1) is 18.2. The third-order valence-corrected chi connectivity index (χ3v) is 5.90. The number of allylic oxidation sites excluding steroid dienone is 1. The van der Waals surface area contributed by atoms with E-state index in [2.05, 4.69) is 46.5 Å². The molecule has 3 aromatic carbocycles. The highest BCUT2D eigenvalue weighted by atomic mass is 16.6. The van der Waals surface area contributed by atoms with Crippen molar-refractivity contribution >= 4 is 12.1 Å². The van der Waals surface area contributed by atoms with E-state index < -0.39 is 23.3 Å². The molecule has 0 unspecified atom stereocenters. The van der Waals surface area contributed by atoms with Crippen LogP contribution in [-0.2, 0) is 24.6 Å². The molecule has 3 aromatic rings. The Labute approximate surface area is 225 Å². The van der Waals surface area contributed by atoms with Crippen LogP contribution >= 0.6 is 0 Å². The van der Waals surface area contributed by atoms with E-state index in [9.17, 15) is 9.59 Å². The number of nitrogens with one attached hydrogen (secondary N) is 1. The highest BCUT2D eigenvalue weighted by Crippen LogP contribution is 2.40. The van der Waals surface area contributed by atoms with Crippen molar-refractivity contribution in [1.82, 2.24) is 5.32 Å². The number of amides is 1. The van der Waals surface area contributed by atoms with Gasteiger partial charge in [0.2, 0.25) is 0 Å². The zero-order valence-corrected chi connectivity index (χ0v) is 22.6. The number of esters is 1. The molecule has 0 saturated heterocycles. The first-order valence-electron chi connectivity index (χ1n) is 12.8.